The first-order valence-electron chi connectivity index (χ1n) is 8.67. The molecule has 0 saturated carbocycles. The zero-order valence-electron chi connectivity index (χ0n) is 15.5. The summed E-state index contributed by atoms with van der Waals surface area (Å²) in [6.07, 6.45) is 5.61. The number of phenolic OH excluding ortho intramolecular Hbond substituents is 2. The van der Waals surface area contributed by atoms with Crippen LogP contribution >= 0.6 is 0 Å². The highest BCUT2D eigenvalue weighted by Gasteiger charge is 2.20. The second kappa shape index (κ2) is 7.75. The summed E-state index contributed by atoms with van der Waals surface area (Å²) >= 11 is 0. The first kappa shape index (κ1) is 19.1. The van der Waals surface area contributed by atoms with Crippen molar-refractivity contribution in [3.63, 3.8) is 0 Å². The standard InChI is InChI=1S/C22H28O3/c1-15-16(2)21(24)19(13-14-22(3,4)25)18(20(15)23)12-8-11-17-9-6-5-7-10-17/h5-10,12,23-25H,11,13-14H2,1-4H3. The van der Waals surface area contributed by atoms with Crippen LogP contribution in [0.15, 0.2) is 36.4 Å². The number of aromatic hydroxyl groups is 2. The fourth-order valence-corrected chi connectivity index (χ4v) is 2.84. The number of phenols is 2. The molecule has 3 heteroatoms. The van der Waals surface area contributed by atoms with Gasteiger partial charge in [-0.25, -0.2) is 0 Å². The van der Waals surface area contributed by atoms with Crippen molar-refractivity contribution in [2.75, 3.05) is 0 Å². The molecule has 0 aliphatic rings. The predicted octanol–water partition coefficient (Wildman–Crippen LogP) is 4.67. The monoisotopic (exact) mass is 340 g/mol. The summed E-state index contributed by atoms with van der Waals surface area (Å²) in [5.41, 5.74) is 3.05. The van der Waals surface area contributed by atoms with Gasteiger partial charge in [-0.05, 0) is 63.6 Å². The second-order valence-corrected chi connectivity index (χ2v) is 7.24. The molecular weight excluding hydrogens is 312 g/mol. The Morgan fingerprint density at radius 3 is 2.16 bits per heavy atom. The minimum absolute atomic E-state index is 0.199. The van der Waals surface area contributed by atoms with Crippen molar-refractivity contribution in [2.24, 2.45) is 0 Å². The third-order valence-electron chi connectivity index (χ3n) is 4.61. The molecule has 2 aromatic carbocycles. The van der Waals surface area contributed by atoms with Crippen LogP contribution in [0.5, 0.6) is 11.5 Å². The molecule has 0 aliphatic carbocycles. The fraction of sp³-hybridized carbons (Fsp3) is 0.364. The number of benzene rings is 2. The molecule has 3 N–H and O–H groups in total. The zero-order chi connectivity index (χ0) is 18.6. The van der Waals surface area contributed by atoms with E-state index < -0.39 is 5.60 Å². The zero-order valence-corrected chi connectivity index (χ0v) is 15.5. The van der Waals surface area contributed by atoms with E-state index in [4.69, 9.17) is 0 Å². The SMILES string of the molecule is Cc1c(C)c(O)c(CCC(C)(C)O)c(C=CCc2ccccc2)c1O. The van der Waals surface area contributed by atoms with Crippen LogP contribution in [0.4, 0.5) is 0 Å². The molecule has 0 radical (unpaired) electrons. The van der Waals surface area contributed by atoms with E-state index in [1.807, 2.05) is 30.4 Å². The van der Waals surface area contributed by atoms with Gasteiger partial charge < -0.3 is 15.3 Å². The van der Waals surface area contributed by atoms with E-state index in [0.717, 1.165) is 6.42 Å². The average molecular weight is 340 g/mol. The molecule has 0 fully saturated rings. The molecule has 0 amide bonds. The van der Waals surface area contributed by atoms with E-state index in [2.05, 4.69) is 12.1 Å². The molecule has 0 heterocycles. The lowest BCUT2D eigenvalue weighted by Gasteiger charge is -2.20. The average Bonchev–Trinajstić information content (AvgIpc) is 2.57. The molecule has 134 valence electrons. The maximum Gasteiger partial charge on any atom is 0.126 e. The van der Waals surface area contributed by atoms with Gasteiger partial charge in [0.1, 0.15) is 11.5 Å². The van der Waals surface area contributed by atoms with Gasteiger partial charge in [-0.1, -0.05) is 42.5 Å². The molecule has 0 atom stereocenters. The minimum atomic E-state index is -0.828. The molecule has 0 aliphatic heterocycles. The Balaban J connectivity index is 2.37. The molecule has 0 spiro atoms. The Bertz CT molecular complexity index is 753. The highest BCUT2D eigenvalue weighted by Crippen LogP contribution is 2.38. The van der Waals surface area contributed by atoms with Crippen LogP contribution in [0.25, 0.3) is 6.08 Å². The van der Waals surface area contributed by atoms with Gasteiger partial charge in [-0.3, -0.25) is 0 Å². The molecular formula is C22H28O3. The van der Waals surface area contributed by atoms with Crippen LogP contribution in [0.3, 0.4) is 0 Å². The summed E-state index contributed by atoms with van der Waals surface area (Å²) < 4.78 is 0. The lowest BCUT2D eigenvalue weighted by molar-refractivity contribution is 0.0712. The third-order valence-corrected chi connectivity index (χ3v) is 4.61. The van der Waals surface area contributed by atoms with E-state index in [1.165, 1.54) is 5.56 Å². The maximum atomic E-state index is 10.6. The number of allylic oxidation sites excluding steroid dienone is 1. The summed E-state index contributed by atoms with van der Waals surface area (Å²) in [6, 6.07) is 10.1. The summed E-state index contributed by atoms with van der Waals surface area (Å²) in [4.78, 5) is 0. The Morgan fingerprint density at radius 1 is 0.960 bits per heavy atom. The lowest BCUT2D eigenvalue weighted by atomic mass is 9.90. The van der Waals surface area contributed by atoms with Crippen LogP contribution in [0.1, 0.15) is 48.1 Å². The molecule has 0 aromatic heterocycles. The highest BCUT2D eigenvalue weighted by atomic mass is 16.3. The van der Waals surface area contributed by atoms with E-state index >= 15 is 0 Å². The topological polar surface area (TPSA) is 60.7 Å². The van der Waals surface area contributed by atoms with Crippen molar-refractivity contribution in [3.05, 3.63) is 64.2 Å². The third kappa shape index (κ3) is 4.86. The maximum absolute atomic E-state index is 10.6. The first-order chi connectivity index (χ1) is 11.7. The smallest absolute Gasteiger partial charge is 0.126 e. The van der Waals surface area contributed by atoms with Gasteiger partial charge in [0.2, 0.25) is 0 Å². The van der Waals surface area contributed by atoms with Crippen molar-refractivity contribution in [1.29, 1.82) is 0 Å². The van der Waals surface area contributed by atoms with Crippen molar-refractivity contribution < 1.29 is 15.3 Å². The molecule has 0 unspecified atom stereocenters. The Kier molecular flexibility index (Phi) is 5.91. The van der Waals surface area contributed by atoms with Crippen LogP contribution in [-0.2, 0) is 12.8 Å². The lowest BCUT2D eigenvalue weighted by Crippen LogP contribution is -2.19. The normalized spacial score (nSPS) is 12.0. The van der Waals surface area contributed by atoms with Gasteiger partial charge in [0.15, 0.2) is 0 Å². The number of hydrogen-bond donors (Lipinski definition) is 3. The van der Waals surface area contributed by atoms with Crippen LogP contribution in [-0.4, -0.2) is 20.9 Å². The van der Waals surface area contributed by atoms with Crippen LogP contribution in [0.2, 0.25) is 0 Å². The summed E-state index contributed by atoms with van der Waals surface area (Å²) in [5, 5.41) is 31.2. The van der Waals surface area contributed by atoms with E-state index in [1.54, 1.807) is 27.7 Å². The van der Waals surface area contributed by atoms with Crippen molar-refractivity contribution in [1.82, 2.24) is 0 Å². The predicted molar refractivity (Wildman–Crippen MR) is 103 cm³/mol. The largest absolute Gasteiger partial charge is 0.507 e. The van der Waals surface area contributed by atoms with Crippen LogP contribution < -0.4 is 0 Å². The number of aliphatic hydroxyl groups is 1. The van der Waals surface area contributed by atoms with E-state index in [0.29, 0.717) is 35.1 Å². The van der Waals surface area contributed by atoms with Crippen LogP contribution in [0, 0.1) is 13.8 Å². The van der Waals surface area contributed by atoms with E-state index in [-0.39, 0.29) is 11.5 Å². The molecule has 0 bridgehead atoms. The quantitative estimate of drug-likeness (QED) is 0.670. The van der Waals surface area contributed by atoms with Crippen molar-refractivity contribution >= 4 is 6.08 Å². The minimum Gasteiger partial charge on any atom is -0.507 e. The van der Waals surface area contributed by atoms with Gasteiger partial charge in [-0.2, -0.15) is 0 Å². The Hall–Kier alpha value is -2.26. The number of hydrogen-bond acceptors (Lipinski definition) is 3. The van der Waals surface area contributed by atoms with E-state index in [9.17, 15) is 15.3 Å². The van der Waals surface area contributed by atoms with Gasteiger partial charge in [0, 0.05) is 11.1 Å². The Labute approximate surface area is 150 Å². The highest BCUT2D eigenvalue weighted by molar-refractivity contribution is 5.69. The molecule has 3 nitrogen and oxygen atoms in total. The molecule has 0 saturated heterocycles. The molecule has 2 aromatic rings. The molecule has 2 rings (SSSR count). The summed E-state index contributed by atoms with van der Waals surface area (Å²) in [5.74, 6) is 0.407. The first-order valence-corrected chi connectivity index (χ1v) is 8.67. The second-order valence-electron chi connectivity index (χ2n) is 7.24. The van der Waals surface area contributed by atoms with Gasteiger partial charge >= 0.3 is 0 Å². The Morgan fingerprint density at radius 2 is 1.56 bits per heavy atom. The van der Waals surface area contributed by atoms with Gasteiger partial charge in [-0.15, -0.1) is 0 Å². The number of rotatable bonds is 6. The molecule has 25 heavy (non-hydrogen) atoms. The van der Waals surface area contributed by atoms with Crippen molar-refractivity contribution in [3.8, 4) is 11.5 Å². The van der Waals surface area contributed by atoms with Gasteiger partial charge in [0.05, 0.1) is 5.60 Å². The van der Waals surface area contributed by atoms with Gasteiger partial charge in [0.25, 0.3) is 0 Å². The summed E-state index contributed by atoms with van der Waals surface area (Å²) in [6.45, 7) is 7.10. The fourth-order valence-electron chi connectivity index (χ4n) is 2.84. The summed E-state index contributed by atoms with van der Waals surface area (Å²) in [7, 11) is 0. The van der Waals surface area contributed by atoms with Crippen molar-refractivity contribution in [2.45, 2.75) is 52.6 Å².